The van der Waals surface area contributed by atoms with Gasteiger partial charge in [0.1, 0.15) is 4.90 Å². The van der Waals surface area contributed by atoms with Crippen molar-refractivity contribution in [3.8, 4) is 5.75 Å². The first-order valence-electron chi connectivity index (χ1n) is 6.33. The summed E-state index contributed by atoms with van der Waals surface area (Å²) in [7, 11) is -2.20. The van der Waals surface area contributed by atoms with E-state index in [2.05, 4.69) is 20.7 Å². The molecule has 0 N–H and O–H groups in total. The summed E-state index contributed by atoms with van der Waals surface area (Å²) in [5, 5.41) is 0. The van der Waals surface area contributed by atoms with Gasteiger partial charge in [0, 0.05) is 30.7 Å². The van der Waals surface area contributed by atoms with Crippen LogP contribution in [0.15, 0.2) is 27.6 Å². The van der Waals surface area contributed by atoms with Crippen LogP contribution in [-0.4, -0.2) is 57.2 Å². The highest BCUT2D eigenvalue weighted by Crippen LogP contribution is 2.34. The number of piperazine rings is 1. The second-order valence-electron chi connectivity index (χ2n) is 4.85. The number of halogens is 4. The minimum absolute atomic E-state index is 0.223. The molecular weight excluding hydrogens is 389 g/mol. The molecule has 1 aliphatic rings. The smallest absolute Gasteiger partial charge is 0.404 e. The Kier molecular flexibility index (Phi) is 5.05. The molecule has 0 radical (unpaired) electrons. The van der Waals surface area contributed by atoms with Gasteiger partial charge >= 0.3 is 6.36 Å². The molecule has 0 aliphatic carbocycles. The zero-order chi connectivity index (χ0) is 16.5. The zero-order valence-electron chi connectivity index (χ0n) is 11.6. The van der Waals surface area contributed by atoms with Crippen molar-refractivity contribution in [3.05, 3.63) is 22.7 Å². The van der Waals surface area contributed by atoms with Crippen molar-refractivity contribution in [1.82, 2.24) is 9.21 Å². The number of nitrogens with zero attached hydrogens (tertiary/aromatic N) is 2. The van der Waals surface area contributed by atoms with E-state index in [-0.39, 0.29) is 13.1 Å². The summed E-state index contributed by atoms with van der Waals surface area (Å²) in [4.78, 5) is 1.46. The SMILES string of the molecule is CN1CCN(S(=O)(=O)c2ccc(Br)cc2OC(F)(F)F)CC1. The fourth-order valence-corrected chi connectivity index (χ4v) is 3.92. The van der Waals surface area contributed by atoms with Crippen LogP contribution in [0.5, 0.6) is 5.75 Å². The Labute approximate surface area is 134 Å². The predicted octanol–water partition coefficient (Wildman–Crippen LogP) is 2.28. The van der Waals surface area contributed by atoms with Crippen LogP contribution < -0.4 is 4.74 Å². The van der Waals surface area contributed by atoms with Crippen LogP contribution >= 0.6 is 15.9 Å². The van der Waals surface area contributed by atoms with Crippen molar-refractivity contribution >= 4 is 26.0 Å². The minimum Gasteiger partial charge on any atom is -0.404 e. The van der Waals surface area contributed by atoms with Gasteiger partial charge in [-0.15, -0.1) is 13.2 Å². The molecule has 124 valence electrons. The number of rotatable bonds is 3. The third-order valence-electron chi connectivity index (χ3n) is 3.21. The number of alkyl halides is 3. The maximum absolute atomic E-state index is 12.6. The Morgan fingerprint density at radius 2 is 1.77 bits per heavy atom. The maximum Gasteiger partial charge on any atom is 0.573 e. The van der Waals surface area contributed by atoms with Crippen molar-refractivity contribution in [3.63, 3.8) is 0 Å². The normalized spacial score (nSPS) is 18.4. The zero-order valence-corrected chi connectivity index (χ0v) is 14.0. The topological polar surface area (TPSA) is 49.9 Å². The first-order valence-corrected chi connectivity index (χ1v) is 8.57. The molecule has 0 unspecified atom stereocenters. The first kappa shape index (κ1) is 17.5. The second kappa shape index (κ2) is 6.34. The standard InChI is InChI=1S/C12H14BrF3N2O3S/c1-17-4-6-18(7-5-17)22(19,20)11-3-2-9(13)8-10(11)21-12(14,15)16/h2-3,8H,4-7H2,1H3. The number of benzene rings is 1. The van der Waals surface area contributed by atoms with Crippen LogP contribution in [0.3, 0.4) is 0 Å². The summed E-state index contributed by atoms with van der Waals surface area (Å²) in [5.74, 6) is -0.735. The van der Waals surface area contributed by atoms with Crippen LogP contribution in [0.2, 0.25) is 0 Å². The van der Waals surface area contributed by atoms with Gasteiger partial charge in [0.25, 0.3) is 0 Å². The van der Waals surface area contributed by atoms with Crippen LogP contribution in [0.4, 0.5) is 13.2 Å². The monoisotopic (exact) mass is 402 g/mol. The lowest BCUT2D eigenvalue weighted by Gasteiger charge is -2.31. The van der Waals surface area contributed by atoms with Crippen molar-refractivity contribution in [2.45, 2.75) is 11.3 Å². The average molecular weight is 403 g/mol. The largest absolute Gasteiger partial charge is 0.573 e. The van der Waals surface area contributed by atoms with Gasteiger partial charge in [-0.2, -0.15) is 4.31 Å². The van der Waals surface area contributed by atoms with Gasteiger partial charge in [0.05, 0.1) is 0 Å². The molecule has 22 heavy (non-hydrogen) atoms. The number of hydrogen-bond acceptors (Lipinski definition) is 4. The fourth-order valence-electron chi connectivity index (χ4n) is 2.07. The van der Waals surface area contributed by atoms with E-state index in [4.69, 9.17) is 0 Å². The summed E-state index contributed by atoms with van der Waals surface area (Å²) in [5.41, 5.74) is 0. The van der Waals surface area contributed by atoms with E-state index in [1.54, 1.807) is 0 Å². The molecule has 5 nitrogen and oxygen atoms in total. The Morgan fingerprint density at radius 3 is 2.32 bits per heavy atom. The molecule has 2 rings (SSSR count). The van der Waals surface area contributed by atoms with Crippen LogP contribution in [0.25, 0.3) is 0 Å². The van der Waals surface area contributed by atoms with Gasteiger partial charge in [-0.25, -0.2) is 8.42 Å². The first-order chi connectivity index (χ1) is 10.1. The molecule has 0 amide bonds. The summed E-state index contributed by atoms with van der Waals surface area (Å²) in [6.45, 7) is 1.48. The Bertz CT molecular complexity index is 644. The Morgan fingerprint density at radius 1 is 1.18 bits per heavy atom. The molecule has 1 aliphatic heterocycles. The van der Waals surface area contributed by atoms with Gasteiger partial charge in [-0.05, 0) is 25.2 Å². The van der Waals surface area contributed by atoms with E-state index in [1.165, 1.54) is 10.4 Å². The number of sulfonamides is 1. The van der Waals surface area contributed by atoms with E-state index in [0.717, 1.165) is 12.1 Å². The summed E-state index contributed by atoms with van der Waals surface area (Å²) in [6.07, 6.45) is -4.97. The van der Waals surface area contributed by atoms with Crippen molar-refractivity contribution < 1.29 is 26.3 Å². The number of ether oxygens (including phenoxy) is 1. The van der Waals surface area contributed by atoms with Gasteiger partial charge in [0.15, 0.2) is 5.75 Å². The third-order valence-corrected chi connectivity index (χ3v) is 5.64. The average Bonchev–Trinajstić information content (AvgIpc) is 2.37. The molecule has 1 aromatic carbocycles. The lowest BCUT2D eigenvalue weighted by molar-refractivity contribution is -0.275. The predicted molar refractivity (Wildman–Crippen MR) is 77.1 cm³/mol. The van der Waals surface area contributed by atoms with Crippen molar-refractivity contribution in [2.75, 3.05) is 33.2 Å². The van der Waals surface area contributed by atoms with Crippen molar-refractivity contribution in [2.24, 2.45) is 0 Å². The molecule has 1 heterocycles. The molecule has 1 fully saturated rings. The molecular formula is C12H14BrF3N2O3S. The molecule has 0 atom stereocenters. The summed E-state index contributed by atoms with van der Waals surface area (Å²) >= 11 is 3.01. The molecule has 0 aromatic heterocycles. The van der Waals surface area contributed by atoms with E-state index < -0.39 is 27.0 Å². The fraction of sp³-hybridized carbons (Fsp3) is 0.500. The molecule has 0 spiro atoms. The highest BCUT2D eigenvalue weighted by Gasteiger charge is 2.36. The number of hydrogen-bond donors (Lipinski definition) is 0. The maximum atomic E-state index is 12.6. The Balaban J connectivity index is 2.38. The highest BCUT2D eigenvalue weighted by atomic mass is 79.9. The van der Waals surface area contributed by atoms with E-state index in [9.17, 15) is 21.6 Å². The number of likely N-dealkylation sites (N-methyl/N-ethyl adjacent to an activating group) is 1. The quantitative estimate of drug-likeness (QED) is 0.778. The minimum atomic E-state index is -4.97. The molecule has 0 saturated carbocycles. The Hall–Kier alpha value is -0.840. The van der Waals surface area contributed by atoms with E-state index in [0.29, 0.717) is 17.6 Å². The van der Waals surface area contributed by atoms with Crippen molar-refractivity contribution in [1.29, 1.82) is 0 Å². The third kappa shape index (κ3) is 4.12. The van der Waals surface area contributed by atoms with E-state index >= 15 is 0 Å². The van der Waals surface area contributed by atoms with Crippen LogP contribution in [-0.2, 0) is 10.0 Å². The molecule has 1 aromatic rings. The molecule has 1 saturated heterocycles. The second-order valence-corrected chi connectivity index (χ2v) is 7.67. The van der Waals surface area contributed by atoms with E-state index in [1.807, 2.05) is 11.9 Å². The molecule has 10 heteroatoms. The van der Waals surface area contributed by atoms with Gasteiger partial charge in [-0.1, -0.05) is 15.9 Å². The highest BCUT2D eigenvalue weighted by molar-refractivity contribution is 9.10. The van der Waals surface area contributed by atoms with Gasteiger partial charge in [0.2, 0.25) is 10.0 Å². The van der Waals surface area contributed by atoms with Crippen LogP contribution in [0.1, 0.15) is 0 Å². The summed E-state index contributed by atoms with van der Waals surface area (Å²) in [6, 6.07) is 3.47. The molecule has 0 bridgehead atoms. The van der Waals surface area contributed by atoms with Gasteiger partial charge < -0.3 is 9.64 Å². The summed E-state index contributed by atoms with van der Waals surface area (Å²) < 4.78 is 67.9. The lowest BCUT2D eigenvalue weighted by atomic mass is 10.3. The van der Waals surface area contributed by atoms with Gasteiger partial charge in [-0.3, -0.25) is 0 Å². The lowest BCUT2D eigenvalue weighted by Crippen LogP contribution is -2.47. The van der Waals surface area contributed by atoms with Crippen LogP contribution in [0, 0.1) is 0 Å².